The fourth-order valence-electron chi connectivity index (χ4n) is 2.84. The van der Waals surface area contributed by atoms with Crippen molar-refractivity contribution in [2.24, 2.45) is 4.99 Å². The van der Waals surface area contributed by atoms with Crippen LogP contribution in [0.4, 0.5) is 0 Å². The van der Waals surface area contributed by atoms with E-state index in [-0.39, 0.29) is 11.4 Å². The molecule has 0 amide bonds. The molecule has 140 valence electrons. The Hall–Kier alpha value is -2.63. The molecular formula is C20H27N3O3. The highest BCUT2D eigenvalue weighted by Crippen LogP contribution is 2.18. The molecule has 0 saturated heterocycles. The quantitative estimate of drug-likeness (QED) is 0.561. The smallest absolute Gasteiger partial charge is 0.335 e. The molecule has 26 heavy (non-hydrogen) atoms. The lowest BCUT2D eigenvalue weighted by atomic mass is 10.1. The Morgan fingerprint density at radius 3 is 2.42 bits per heavy atom. The average molecular weight is 357 g/mol. The molecule has 0 atom stereocenters. The molecule has 0 aliphatic heterocycles. The highest BCUT2D eigenvalue weighted by molar-refractivity contribution is 6.02. The average Bonchev–Trinajstić information content (AvgIpc) is 2.61. The van der Waals surface area contributed by atoms with Crippen molar-refractivity contribution in [3.05, 3.63) is 56.2 Å². The molecule has 0 unspecified atom stereocenters. The SMILES string of the molecule is CCCCCCN=C(CC)c1c(O)n(-c2ccc(C)cc2)c(=O)[nH]c1=O. The molecule has 2 aromatic rings. The monoisotopic (exact) mass is 357 g/mol. The fourth-order valence-corrected chi connectivity index (χ4v) is 2.84. The predicted octanol–water partition coefficient (Wildman–Crippen LogP) is 3.32. The van der Waals surface area contributed by atoms with Gasteiger partial charge in [0, 0.05) is 6.54 Å². The molecule has 2 N–H and O–H groups in total. The molecule has 2 rings (SSSR count). The molecular weight excluding hydrogens is 330 g/mol. The minimum Gasteiger partial charge on any atom is -0.493 e. The third-order valence-electron chi connectivity index (χ3n) is 4.32. The minimum atomic E-state index is -0.668. The number of aromatic hydroxyl groups is 1. The summed E-state index contributed by atoms with van der Waals surface area (Å²) in [7, 11) is 0. The molecule has 6 nitrogen and oxygen atoms in total. The van der Waals surface area contributed by atoms with Gasteiger partial charge in [0.15, 0.2) is 0 Å². The van der Waals surface area contributed by atoms with Crippen LogP contribution < -0.4 is 11.2 Å². The van der Waals surface area contributed by atoms with Crippen molar-refractivity contribution >= 4 is 5.71 Å². The third kappa shape index (κ3) is 4.50. The van der Waals surface area contributed by atoms with E-state index >= 15 is 0 Å². The predicted molar refractivity (Wildman–Crippen MR) is 105 cm³/mol. The second-order valence-corrected chi connectivity index (χ2v) is 6.37. The van der Waals surface area contributed by atoms with Crippen molar-refractivity contribution in [1.29, 1.82) is 0 Å². The first kappa shape index (κ1) is 19.7. The minimum absolute atomic E-state index is 0.0724. The fraction of sp³-hybridized carbons (Fsp3) is 0.450. The first-order chi connectivity index (χ1) is 12.5. The second kappa shape index (κ2) is 9.17. The molecule has 6 heteroatoms. The molecule has 1 aromatic heterocycles. The van der Waals surface area contributed by atoms with E-state index in [4.69, 9.17) is 0 Å². The Bertz CT molecular complexity index is 877. The highest BCUT2D eigenvalue weighted by Gasteiger charge is 2.19. The van der Waals surface area contributed by atoms with E-state index in [0.29, 0.717) is 24.4 Å². The van der Waals surface area contributed by atoms with Crippen LogP contribution in [-0.2, 0) is 0 Å². The molecule has 0 saturated carbocycles. The summed E-state index contributed by atoms with van der Waals surface area (Å²) >= 11 is 0. The van der Waals surface area contributed by atoms with Gasteiger partial charge in [-0.2, -0.15) is 0 Å². The molecule has 0 aliphatic carbocycles. The van der Waals surface area contributed by atoms with Crippen LogP contribution >= 0.6 is 0 Å². The van der Waals surface area contributed by atoms with Crippen LogP contribution in [0.1, 0.15) is 57.1 Å². The van der Waals surface area contributed by atoms with Gasteiger partial charge in [-0.05, 0) is 31.9 Å². The van der Waals surface area contributed by atoms with Crippen LogP contribution in [0.3, 0.4) is 0 Å². The summed E-state index contributed by atoms with van der Waals surface area (Å²) in [5, 5.41) is 10.7. The van der Waals surface area contributed by atoms with Gasteiger partial charge in [0.25, 0.3) is 5.56 Å². The maximum atomic E-state index is 12.3. The van der Waals surface area contributed by atoms with Crippen molar-refractivity contribution in [3.63, 3.8) is 0 Å². The number of aliphatic imine (C=N–C) groups is 1. The number of aryl methyl sites for hydroxylation is 1. The van der Waals surface area contributed by atoms with Crippen LogP contribution in [-0.4, -0.2) is 26.9 Å². The first-order valence-corrected chi connectivity index (χ1v) is 9.18. The van der Waals surface area contributed by atoms with E-state index in [1.807, 2.05) is 26.0 Å². The number of nitrogens with one attached hydrogen (secondary N) is 1. The molecule has 0 radical (unpaired) electrons. The lowest BCUT2D eigenvalue weighted by Gasteiger charge is -2.12. The standard InChI is InChI=1S/C20H27N3O3/c1-4-6-7-8-13-21-16(5-2)17-18(24)22-20(26)23(19(17)25)15-11-9-14(3)10-12-15/h9-12,25H,4-8,13H2,1-3H3,(H,22,24,26). The van der Waals surface area contributed by atoms with Crippen LogP contribution in [0.5, 0.6) is 5.88 Å². The lowest BCUT2D eigenvalue weighted by Crippen LogP contribution is -2.33. The van der Waals surface area contributed by atoms with Crippen molar-refractivity contribution in [2.75, 3.05) is 6.54 Å². The Balaban J connectivity index is 2.46. The van der Waals surface area contributed by atoms with E-state index in [1.54, 1.807) is 12.1 Å². The normalized spacial score (nSPS) is 11.7. The number of aromatic amines is 1. The number of H-pyrrole nitrogens is 1. The zero-order chi connectivity index (χ0) is 19.1. The van der Waals surface area contributed by atoms with Crippen LogP contribution in [0.2, 0.25) is 0 Å². The Labute approximate surface area is 153 Å². The number of unbranched alkanes of at least 4 members (excludes halogenated alkanes) is 3. The Morgan fingerprint density at radius 1 is 1.12 bits per heavy atom. The highest BCUT2D eigenvalue weighted by atomic mass is 16.3. The van der Waals surface area contributed by atoms with E-state index in [1.165, 1.54) is 0 Å². The zero-order valence-electron chi connectivity index (χ0n) is 15.7. The number of hydrogen-bond donors (Lipinski definition) is 2. The van der Waals surface area contributed by atoms with Gasteiger partial charge >= 0.3 is 5.69 Å². The number of rotatable bonds is 8. The van der Waals surface area contributed by atoms with Crippen LogP contribution in [0.15, 0.2) is 38.8 Å². The summed E-state index contributed by atoms with van der Waals surface area (Å²) in [5.41, 5.74) is 0.843. The van der Waals surface area contributed by atoms with Crippen molar-refractivity contribution < 1.29 is 5.11 Å². The Kier molecular flexibility index (Phi) is 6.95. The summed E-state index contributed by atoms with van der Waals surface area (Å²) in [4.78, 5) is 31.4. The van der Waals surface area contributed by atoms with Crippen molar-refractivity contribution in [1.82, 2.24) is 9.55 Å². The van der Waals surface area contributed by atoms with E-state index < -0.39 is 11.2 Å². The third-order valence-corrected chi connectivity index (χ3v) is 4.32. The van der Waals surface area contributed by atoms with Gasteiger partial charge in [0.05, 0.1) is 11.4 Å². The first-order valence-electron chi connectivity index (χ1n) is 9.18. The molecule has 0 fully saturated rings. The van der Waals surface area contributed by atoms with Gasteiger partial charge < -0.3 is 5.11 Å². The van der Waals surface area contributed by atoms with Crippen molar-refractivity contribution in [2.45, 2.75) is 52.9 Å². The number of benzene rings is 1. The van der Waals surface area contributed by atoms with E-state index in [0.717, 1.165) is 35.8 Å². The van der Waals surface area contributed by atoms with Gasteiger partial charge in [0.1, 0.15) is 5.56 Å². The molecule has 0 bridgehead atoms. The van der Waals surface area contributed by atoms with Gasteiger partial charge in [-0.1, -0.05) is 50.8 Å². The van der Waals surface area contributed by atoms with E-state index in [9.17, 15) is 14.7 Å². The maximum absolute atomic E-state index is 12.3. The van der Waals surface area contributed by atoms with E-state index in [2.05, 4.69) is 16.9 Å². The van der Waals surface area contributed by atoms with Gasteiger partial charge in [-0.3, -0.25) is 14.8 Å². The van der Waals surface area contributed by atoms with Crippen LogP contribution in [0, 0.1) is 6.92 Å². The molecule has 1 aromatic carbocycles. The zero-order valence-corrected chi connectivity index (χ0v) is 15.7. The largest absolute Gasteiger partial charge is 0.493 e. The molecule has 0 aliphatic rings. The lowest BCUT2D eigenvalue weighted by molar-refractivity contribution is 0.429. The molecule has 1 heterocycles. The van der Waals surface area contributed by atoms with Crippen LogP contribution in [0.25, 0.3) is 5.69 Å². The summed E-state index contributed by atoms with van der Waals surface area (Å²) in [5.74, 6) is -0.364. The molecule has 0 spiro atoms. The second-order valence-electron chi connectivity index (χ2n) is 6.37. The number of hydrogen-bond acceptors (Lipinski definition) is 4. The van der Waals surface area contributed by atoms with Gasteiger partial charge in [0.2, 0.25) is 5.88 Å². The van der Waals surface area contributed by atoms with Gasteiger partial charge in [-0.25, -0.2) is 9.36 Å². The summed E-state index contributed by atoms with van der Waals surface area (Å²) in [6.07, 6.45) is 4.82. The number of nitrogens with zero attached hydrogens (tertiary/aromatic N) is 2. The topological polar surface area (TPSA) is 87.4 Å². The number of aromatic nitrogens is 2. The summed E-state index contributed by atoms with van der Waals surface area (Å²) in [6.45, 7) is 6.56. The van der Waals surface area contributed by atoms with Gasteiger partial charge in [-0.15, -0.1) is 0 Å². The van der Waals surface area contributed by atoms with Crippen molar-refractivity contribution in [3.8, 4) is 11.6 Å². The summed E-state index contributed by atoms with van der Waals surface area (Å²) in [6, 6.07) is 7.14. The maximum Gasteiger partial charge on any atom is 0.335 e. The Morgan fingerprint density at radius 2 is 1.81 bits per heavy atom. The summed E-state index contributed by atoms with van der Waals surface area (Å²) < 4.78 is 1.11.